The van der Waals surface area contributed by atoms with E-state index in [-0.39, 0.29) is 0 Å². The molecule has 9 rings (SSSR count). The highest BCUT2D eigenvalue weighted by Crippen LogP contribution is 2.41. The quantitative estimate of drug-likeness (QED) is 0.208. The van der Waals surface area contributed by atoms with Gasteiger partial charge in [-0.3, -0.25) is 0 Å². The van der Waals surface area contributed by atoms with Gasteiger partial charge in [-0.1, -0.05) is 66.7 Å². The second-order valence-corrected chi connectivity index (χ2v) is 12.2. The molecular formula is C39H25N3S. The second-order valence-electron chi connectivity index (χ2n) is 11.2. The molecule has 0 aliphatic carbocycles. The maximum atomic E-state index is 9.56. The van der Waals surface area contributed by atoms with Gasteiger partial charge in [0.25, 0.3) is 0 Å². The van der Waals surface area contributed by atoms with E-state index < -0.39 is 0 Å². The third kappa shape index (κ3) is 3.62. The molecule has 0 atom stereocenters. The highest BCUT2D eigenvalue weighted by Gasteiger charge is 2.20. The van der Waals surface area contributed by atoms with Crippen LogP contribution in [-0.4, -0.2) is 9.13 Å². The van der Waals surface area contributed by atoms with Gasteiger partial charge in [-0.2, -0.15) is 17.0 Å². The summed E-state index contributed by atoms with van der Waals surface area (Å²) >= 11 is 1.98. The molecule has 43 heavy (non-hydrogen) atoms. The molecule has 8 aromatic rings. The molecule has 0 radical (unpaired) electrons. The number of aromatic nitrogens is 2. The van der Waals surface area contributed by atoms with Crippen LogP contribution in [0.3, 0.4) is 0 Å². The van der Waals surface area contributed by atoms with Gasteiger partial charge >= 0.3 is 0 Å². The zero-order valence-corrected chi connectivity index (χ0v) is 24.1. The summed E-state index contributed by atoms with van der Waals surface area (Å²) in [5, 5.41) is 14.4. The molecule has 0 saturated heterocycles. The lowest BCUT2D eigenvalue weighted by Crippen LogP contribution is -1.98. The fraction of sp³-hybridized carbons (Fsp3) is 0.0513. The monoisotopic (exact) mass is 567 g/mol. The molecule has 3 heterocycles. The molecule has 4 heteroatoms. The van der Waals surface area contributed by atoms with E-state index in [1.165, 1.54) is 55.1 Å². The first-order valence-corrected chi connectivity index (χ1v) is 15.7. The summed E-state index contributed by atoms with van der Waals surface area (Å²) in [6.07, 6.45) is 0. The van der Waals surface area contributed by atoms with Crippen LogP contribution in [0.25, 0.3) is 66.1 Å². The number of fused-ring (bicyclic) bond motifs is 9. The van der Waals surface area contributed by atoms with E-state index in [9.17, 15) is 5.26 Å². The fourth-order valence-corrected chi connectivity index (χ4v) is 8.01. The van der Waals surface area contributed by atoms with Crippen molar-refractivity contribution in [1.82, 2.24) is 9.13 Å². The van der Waals surface area contributed by atoms with Gasteiger partial charge in [-0.25, -0.2) is 0 Å². The minimum atomic E-state index is 0.685. The number of rotatable bonds is 2. The van der Waals surface area contributed by atoms with Crippen LogP contribution in [0, 0.1) is 11.3 Å². The van der Waals surface area contributed by atoms with Crippen molar-refractivity contribution >= 4 is 55.4 Å². The van der Waals surface area contributed by atoms with E-state index in [4.69, 9.17) is 0 Å². The maximum absolute atomic E-state index is 9.56. The third-order valence-electron chi connectivity index (χ3n) is 8.89. The van der Waals surface area contributed by atoms with Crippen molar-refractivity contribution in [2.24, 2.45) is 0 Å². The van der Waals surface area contributed by atoms with Crippen molar-refractivity contribution in [3.05, 3.63) is 144 Å². The maximum Gasteiger partial charge on any atom is 0.0991 e. The Morgan fingerprint density at radius 2 is 1.05 bits per heavy atom. The number of nitriles is 1. The SMILES string of the molecule is N#Cc1ccc2c(c1)c1ccccc1n2-c1ccc2c(c1)CSCc1ccc(-n3c4ccccc4c4ccccc43)cc1-2. The summed E-state index contributed by atoms with van der Waals surface area (Å²) in [4.78, 5) is 0. The molecule has 0 saturated carbocycles. The van der Waals surface area contributed by atoms with E-state index in [0.29, 0.717) is 5.56 Å². The lowest BCUT2D eigenvalue weighted by atomic mass is 9.95. The standard InChI is InChI=1S/C39H25N3S/c40-22-25-13-18-39-35(19-25)33-9-3-6-12-38(33)41(39)28-16-17-30-27(20-28)24-43-23-26-14-15-29(21-34(26)30)42-36-10-4-1-7-31(36)32-8-2-5-11-37(32)42/h1-21H,23-24H2. The summed E-state index contributed by atoms with van der Waals surface area (Å²) in [5.74, 6) is 1.94. The van der Waals surface area contributed by atoms with E-state index in [1.54, 1.807) is 0 Å². The number of hydrogen-bond donors (Lipinski definition) is 0. The summed E-state index contributed by atoms with van der Waals surface area (Å²) in [6.45, 7) is 0. The number of thioether (sulfide) groups is 1. The van der Waals surface area contributed by atoms with Gasteiger partial charge in [-0.15, -0.1) is 0 Å². The molecule has 0 bridgehead atoms. The molecule has 0 fully saturated rings. The van der Waals surface area contributed by atoms with Gasteiger partial charge in [0.05, 0.1) is 33.7 Å². The van der Waals surface area contributed by atoms with Crippen molar-refractivity contribution in [2.75, 3.05) is 0 Å². The van der Waals surface area contributed by atoms with E-state index in [1.807, 2.05) is 23.9 Å². The highest BCUT2D eigenvalue weighted by atomic mass is 32.2. The van der Waals surface area contributed by atoms with Crippen LogP contribution in [0.15, 0.2) is 127 Å². The molecule has 1 aliphatic rings. The zero-order chi connectivity index (χ0) is 28.5. The van der Waals surface area contributed by atoms with Crippen LogP contribution in [0.5, 0.6) is 0 Å². The average molecular weight is 568 g/mol. The Morgan fingerprint density at radius 3 is 1.72 bits per heavy atom. The summed E-state index contributed by atoms with van der Waals surface area (Å²) in [7, 11) is 0. The molecule has 0 N–H and O–H groups in total. The van der Waals surface area contributed by atoms with Gasteiger partial charge < -0.3 is 9.13 Å². The molecular weight excluding hydrogens is 543 g/mol. The Kier molecular flexibility index (Phi) is 5.32. The molecule has 202 valence electrons. The summed E-state index contributed by atoms with van der Waals surface area (Å²) in [6, 6.07) is 48.2. The van der Waals surface area contributed by atoms with Crippen molar-refractivity contribution in [1.29, 1.82) is 5.26 Å². The Hall–Kier alpha value is -5.24. The van der Waals surface area contributed by atoms with Crippen LogP contribution < -0.4 is 0 Å². The van der Waals surface area contributed by atoms with Crippen molar-refractivity contribution in [3.63, 3.8) is 0 Å². The van der Waals surface area contributed by atoms with Gasteiger partial charge in [0, 0.05) is 44.4 Å². The van der Waals surface area contributed by atoms with E-state index in [0.717, 1.165) is 33.6 Å². The van der Waals surface area contributed by atoms with Crippen LogP contribution in [-0.2, 0) is 11.5 Å². The molecule has 0 amide bonds. The number of benzene rings is 6. The molecule has 0 spiro atoms. The second kappa shape index (κ2) is 9.39. The van der Waals surface area contributed by atoms with Gasteiger partial charge in [-0.05, 0) is 82.9 Å². The van der Waals surface area contributed by atoms with Crippen LogP contribution >= 0.6 is 11.8 Å². The van der Waals surface area contributed by atoms with Gasteiger partial charge in [0.15, 0.2) is 0 Å². The van der Waals surface area contributed by atoms with Crippen molar-refractivity contribution in [3.8, 4) is 28.6 Å². The smallest absolute Gasteiger partial charge is 0.0991 e. The molecule has 2 aromatic heterocycles. The summed E-state index contributed by atoms with van der Waals surface area (Å²) < 4.78 is 4.75. The average Bonchev–Trinajstić information content (AvgIpc) is 3.50. The van der Waals surface area contributed by atoms with Crippen molar-refractivity contribution in [2.45, 2.75) is 11.5 Å². The number of nitrogens with zero attached hydrogens (tertiary/aromatic N) is 3. The van der Waals surface area contributed by atoms with E-state index in [2.05, 4.69) is 130 Å². The first-order chi connectivity index (χ1) is 21.3. The van der Waals surface area contributed by atoms with Crippen LogP contribution in [0.1, 0.15) is 16.7 Å². The van der Waals surface area contributed by atoms with E-state index >= 15 is 0 Å². The first-order valence-electron chi connectivity index (χ1n) is 14.5. The molecule has 1 aliphatic heterocycles. The number of para-hydroxylation sites is 3. The highest BCUT2D eigenvalue weighted by molar-refractivity contribution is 7.97. The van der Waals surface area contributed by atoms with Crippen LogP contribution in [0.4, 0.5) is 0 Å². The molecule has 0 unspecified atom stereocenters. The fourth-order valence-electron chi connectivity index (χ4n) is 6.97. The largest absolute Gasteiger partial charge is 0.309 e. The Balaban J connectivity index is 1.24. The lowest BCUT2D eigenvalue weighted by Gasteiger charge is -2.16. The third-order valence-corrected chi connectivity index (χ3v) is 9.92. The Morgan fingerprint density at radius 1 is 0.488 bits per heavy atom. The summed E-state index contributed by atoms with van der Waals surface area (Å²) in [5.41, 5.74) is 13.1. The Labute approximate surface area is 253 Å². The minimum Gasteiger partial charge on any atom is -0.309 e. The topological polar surface area (TPSA) is 33.6 Å². The van der Waals surface area contributed by atoms with Crippen LogP contribution in [0.2, 0.25) is 0 Å². The first kappa shape index (κ1) is 24.4. The predicted molar refractivity (Wildman–Crippen MR) is 180 cm³/mol. The van der Waals surface area contributed by atoms with Crippen molar-refractivity contribution < 1.29 is 0 Å². The normalized spacial score (nSPS) is 12.8. The lowest BCUT2D eigenvalue weighted by molar-refractivity contribution is 1.16. The van der Waals surface area contributed by atoms with Gasteiger partial charge in [0.2, 0.25) is 0 Å². The zero-order valence-electron chi connectivity index (χ0n) is 23.3. The van der Waals surface area contributed by atoms with Gasteiger partial charge in [0.1, 0.15) is 0 Å². The number of hydrogen-bond acceptors (Lipinski definition) is 2. The minimum absolute atomic E-state index is 0.685. The predicted octanol–water partition coefficient (Wildman–Crippen LogP) is 10.2. The molecule has 3 nitrogen and oxygen atoms in total. The molecule has 6 aromatic carbocycles. The Bertz CT molecular complexity index is 2400.